The first-order valence-corrected chi connectivity index (χ1v) is 7.29. The third-order valence-electron chi connectivity index (χ3n) is 4.35. The lowest BCUT2D eigenvalue weighted by Gasteiger charge is -2.38. The van der Waals surface area contributed by atoms with Crippen molar-refractivity contribution in [2.45, 2.75) is 25.3 Å². The van der Waals surface area contributed by atoms with E-state index in [1.807, 2.05) is 0 Å². The zero-order valence-electron chi connectivity index (χ0n) is 11.5. The Morgan fingerprint density at radius 1 is 1.25 bits per heavy atom. The summed E-state index contributed by atoms with van der Waals surface area (Å²) in [5.41, 5.74) is 0.585. The summed E-state index contributed by atoms with van der Waals surface area (Å²) in [6, 6.07) is 0.189. The number of rotatable bonds is 3. The number of carbonyl (C=O) groups excluding carboxylic acids is 1. The van der Waals surface area contributed by atoms with E-state index in [-0.39, 0.29) is 11.9 Å². The van der Waals surface area contributed by atoms with Crippen LogP contribution < -0.4 is 5.32 Å². The van der Waals surface area contributed by atoms with Crippen LogP contribution in [0.4, 0.5) is 0 Å². The van der Waals surface area contributed by atoms with Crippen molar-refractivity contribution in [3.8, 4) is 0 Å². The number of amides is 1. The largest absolute Gasteiger partial charge is 0.381 e. The van der Waals surface area contributed by atoms with Gasteiger partial charge in [-0.3, -0.25) is 9.89 Å². The SMILES string of the molecule is O=C(N[C@H]1CCOC[C@H]1C1CCOCC1)c1cn[nH]c1. The molecular weight excluding hydrogens is 258 g/mol. The quantitative estimate of drug-likeness (QED) is 0.864. The zero-order chi connectivity index (χ0) is 13.8. The highest BCUT2D eigenvalue weighted by molar-refractivity contribution is 5.93. The van der Waals surface area contributed by atoms with E-state index in [1.165, 1.54) is 0 Å². The molecule has 6 nitrogen and oxygen atoms in total. The van der Waals surface area contributed by atoms with Crippen molar-refractivity contribution in [3.05, 3.63) is 18.0 Å². The summed E-state index contributed by atoms with van der Waals surface area (Å²) in [5, 5.41) is 9.64. The molecule has 6 heteroatoms. The molecule has 2 fully saturated rings. The molecule has 0 saturated carbocycles. The second kappa shape index (κ2) is 6.37. The van der Waals surface area contributed by atoms with Gasteiger partial charge in [-0.2, -0.15) is 5.10 Å². The molecule has 2 saturated heterocycles. The Kier molecular flexibility index (Phi) is 4.32. The van der Waals surface area contributed by atoms with Crippen LogP contribution in [-0.2, 0) is 9.47 Å². The van der Waals surface area contributed by atoms with Gasteiger partial charge >= 0.3 is 0 Å². The summed E-state index contributed by atoms with van der Waals surface area (Å²) < 4.78 is 11.1. The van der Waals surface area contributed by atoms with Crippen LogP contribution in [0.3, 0.4) is 0 Å². The van der Waals surface area contributed by atoms with Gasteiger partial charge in [0.1, 0.15) is 0 Å². The molecule has 2 aliphatic heterocycles. The molecule has 1 aromatic heterocycles. The first-order valence-electron chi connectivity index (χ1n) is 7.29. The smallest absolute Gasteiger partial charge is 0.254 e. The number of H-pyrrole nitrogens is 1. The lowest BCUT2D eigenvalue weighted by atomic mass is 9.79. The summed E-state index contributed by atoms with van der Waals surface area (Å²) in [5.74, 6) is 0.921. The van der Waals surface area contributed by atoms with Crippen molar-refractivity contribution >= 4 is 5.91 Å². The van der Waals surface area contributed by atoms with Gasteiger partial charge in [-0.1, -0.05) is 0 Å². The normalized spacial score (nSPS) is 28.2. The van der Waals surface area contributed by atoms with E-state index in [1.54, 1.807) is 12.4 Å². The summed E-state index contributed by atoms with van der Waals surface area (Å²) in [7, 11) is 0. The summed E-state index contributed by atoms with van der Waals surface area (Å²) >= 11 is 0. The molecule has 2 aliphatic rings. The third-order valence-corrected chi connectivity index (χ3v) is 4.35. The highest BCUT2D eigenvalue weighted by Gasteiger charge is 2.34. The van der Waals surface area contributed by atoms with Gasteiger partial charge in [-0.25, -0.2) is 0 Å². The van der Waals surface area contributed by atoms with Gasteiger partial charge < -0.3 is 14.8 Å². The van der Waals surface area contributed by atoms with Gasteiger partial charge in [0.15, 0.2) is 0 Å². The molecule has 20 heavy (non-hydrogen) atoms. The molecular formula is C14H21N3O3. The lowest BCUT2D eigenvalue weighted by molar-refractivity contribution is -0.0259. The van der Waals surface area contributed by atoms with Gasteiger partial charge in [0.25, 0.3) is 5.91 Å². The highest BCUT2D eigenvalue weighted by atomic mass is 16.5. The molecule has 0 aromatic carbocycles. The minimum atomic E-state index is -0.0530. The molecule has 0 radical (unpaired) electrons. The van der Waals surface area contributed by atoms with Crippen LogP contribution in [0.2, 0.25) is 0 Å². The van der Waals surface area contributed by atoms with Gasteiger partial charge in [0.05, 0.1) is 18.4 Å². The van der Waals surface area contributed by atoms with Crippen LogP contribution in [0.1, 0.15) is 29.6 Å². The van der Waals surface area contributed by atoms with Crippen molar-refractivity contribution in [2.75, 3.05) is 26.4 Å². The third kappa shape index (κ3) is 3.02. The zero-order valence-corrected chi connectivity index (χ0v) is 11.5. The molecule has 0 aliphatic carbocycles. The Balaban J connectivity index is 1.64. The maximum Gasteiger partial charge on any atom is 0.254 e. The van der Waals surface area contributed by atoms with Crippen molar-refractivity contribution < 1.29 is 14.3 Å². The van der Waals surface area contributed by atoms with E-state index in [0.717, 1.165) is 45.7 Å². The number of carbonyl (C=O) groups is 1. The molecule has 3 heterocycles. The van der Waals surface area contributed by atoms with E-state index in [0.29, 0.717) is 17.4 Å². The maximum atomic E-state index is 12.2. The minimum absolute atomic E-state index is 0.0530. The Labute approximate surface area is 118 Å². The van der Waals surface area contributed by atoms with Crippen LogP contribution in [0, 0.1) is 11.8 Å². The summed E-state index contributed by atoms with van der Waals surface area (Å²) in [6.07, 6.45) is 6.18. The van der Waals surface area contributed by atoms with Crippen LogP contribution in [0.15, 0.2) is 12.4 Å². The van der Waals surface area contributed by atoms with Crippen LogP contribution in [0.5, 0.6) is 0 Å². The Hall–Kier alpha value is -1.40. The number of aromatic amines is 1. The van der Waals surface area contributed by atoms with Gasteiger partial charge in [0.2, 0.25) is 0 Å². The van der Waals surface area contributed by atoms with Crippen molar-refractivity contribution in [3.63, 3.8) is 0 Å². The molecule has 3 rings (SSSR count). The second-order valence-electron chi connectivity index (χ2n) is 5.54. The average molecular weight is 279 g/mol. The Bertz CT molecular complexity index is 429. The van der Waals surface area contributed by atoms with Crippen LogP contribution in [-0.4, -0.2) is 48.6 Å². The van der Waals surface area contributed by atoms with E-state index < -0.39 is 0 Å². The number of hydrogen-bond acceptors (Lipinski definition) is 4. The van der Waals surface area contributed by atoms with Gasteiger partial charge in [-0.05, 0) is 25.2 Å². The number of hydrogen-bond donors (Lipinski definition) is 2. The molecule has 1 amide bonds. The highest BCUT2D eigenvalue weighted by Crippen LogP contribution is 2.30. The molecule has 2 N–H and O–H groups in total. The fourth-order valence-electron chi connectivity index (χ4n) is 3.17. The fourth-order valence-corrected chi connectivity index (χ4v) is 3.17. The van der Waals surface area contributed by atoms with Crippen LogP contribution in [0.25, 0.3) is 0 Å². The van der Waals surface area contributed by atoms with Gasteiger partial charge in [-0.15, -0.1) is 0 Å². The van der Waals surface area contributed by atoms with E-state index in [4.69, 9.17) is 9.47 Å². The standard InChI is InChI=1S/C14H21N3O3/c18-14(11-7-15-16-8-11)17-13-3-6-20-9-12(13)10-1-4-19-5-2-10/h7-8,10,12-13H,1-6,9H2,(H,15,16)(H,17,18)/t12-,13-/m0/s1. The average Bonchev–Trinajstić information content (AvgIpc) is 3.03. The first kappa shape index (κ1) is 13.6. The van der Waals surface area contributed by atoms with E-state index in [9.17, 15) is 4.79 Å². The number of aromatic nitrogens is 2. The van der Waals surface area contributed by atoms with Gasteiger partial charge in [0, 0.05) is 38.0 Å². The Morgan fingerprint density at radius 3 is 2.80 bits per heavy atom. The minimum Gasteiger partial charge on any atom is -0.381 e. The lowest BCUT2D eigenvalue weighted by Crippen LogP contribution is -2.49. The summed E-state index contributed by atoms with van der Waals surface area (Å²) in [6.45, 7) is 3.10. The predicted molar refractivity (Wildman–Crippen MR) is 72.3 cm³/mol. The predicted octanol–water partition coefficient (Wildman–Crippen LogP) is 0.971. The van der Waals surface area contributed by atoms with E-state index >= 15 is 0 Å². The Morgan fingerprint density at radius 2 is 2.05 bits per heavy atom. The first-order chi connectivity index (χ1) is 9.84. The molecule has 1 aromatic rings. The second-order valence-corrected chi connectivity index (χ2v) is 5.54. The molecule has 0 spiro atoms. The molecule has 0 unspecified atom stereocenters. The topological polar surface area (TPSA) is 76.2 Å². The molecule has 0 bridgehead atoms. The number of nitrogens with one attached hydrogen (secondary N) is 2. The maximum absolute atomic E-state index is 12.2. The molecule has 2 atom stereocenters. The van der Waals surface area contributed by atoms with Crippen molar-refractivity contribution in [1.82, 2.24) is 15.5 Å². The monoisotopic (exact) mass is 279 g/mol. The number of nitrogens with zero attached hydrogens (tertiary/aromatic N) is 1. The number of ether oxygens (including phenoxy) is 2. The van der Waals surface area contributed by atoms with Crippen molar-refractivity contribution in [2.24, 2.45) is 11.8 Å². The van der Waals surface area contributed by atoms with E-state index in [2.05, 4.69) is 15.5 Å². The summed E-state index contributed by atoms with van der Waals surface area (Å²) in [4.78, 5) is 12.2. The molecule has 110 valence electrons. The van der Waals surface area contributed by atoms with Crippen LogP contribution >= 0.6 is 0 Å². The van der Waals surface area contributed by atoms with Crippen molar-refractivity contribution in [1.29, 1.82) is 0 Å². The fraction of sp³-hybridized carbons (Fsp3) is 0.714.